The van der Waals surface area contributed by atoms with Crippen LogP contribution >= 0.6 is 39.1 Å². The SMILES string of the molecule is Fc1ccc(Br)cc1NCc1c(Cl)cccc1Cl. The van der Waals surface area contributed by atoms with Crippen molar-refractivity contribution in [1.82, 2.24) is 0 Å². The zero-order chi connectivity index (χ0) is 13.1. The van der Waals surface area contributed by atoms with Gasteiger partial charge in [-0.05, 0) is 30.3 Å². The van der Waals surface area contributed by atoms with Crippen molar-refractivity contribution in [3.63, 3.8) is 0 Å². The van der Waals surface area contributed by atoms with Gasteiger partial charge in [0.05, 0.1) is 5.69 Å². The standard InChI is InChI=1S/C13H9BrCl2FN/c14-8-4-5-12(17)13(6-8)18-7-9-10(15)2-1-3-11(9)16/h1-6,18H,7H2. The van der Waals surface area contributed by atoms with Crippen LogP contribution in [-0.4, -0.2) is 0 Å². The summed E-state index contributed by atoms with van der Waals surface area (Å²) in [6.07, 6.45) is 0. The molecule has 2 aromatic rings. The van der Waals surface area contributed by atoms with Crippen LogP contribution in [0, 0.1) is 5.82 Å². The number of anilines is 1. The van der Waals surface area contributed by atoms with Gasteiger partial charge in [0.15, 0.2) is 0 Å². The molecule has 2 rings (SSSR count). The fourth-order valence-electron chi connectivity index (χ4n) is 1.52. The Morgan fingerprint density at radius 1 is 1.11 bits per heavy atom. The van der Waals surface area contributed by atoms with E-state index >= 15 is 0 Å². The fourth-order valence-corrected chi connectivity index (χ4v) is 2.41. The van der Waals surface area contributed by atoms with E-state index in [1.165, 1.54) is 6.07 Å². The summed E-state index contributed by atoms with van der Waals surface area (Å²) in [5.74, 6) is -0.318. The maximum absolute atomic E-state index is 13.5. The smallest absolute Gasteiger partial charge is 0.146 e. The van der Waals surface area contributed by atoms with E-state index in [2.05, 4.69) is 21.2 Å². The van der Waals surface area contributed by atoms with Crippen LogP contribution in [0.25, 0.3) is 0 Å². The van der Waals surface area contributed by atoms with E-state index in [9.17, 15) is 4.39 Å². The lowest BCUT2D eigenvalue weighted by Gasteiger charge is -2.10. The van der Waals surface area contributed by atoms with Crippen LogP contribution < -0.4 is 5.32 Å². The summed E-state index contributed by atoms with van der Waals surface area (Å²) < 4.78 is 14.3. The molecule has 0 heterocycles. The summed E-state index contributed by atoms with van der Waals surface area (Å²) in [6.45, 7) is 0.367. The van der Waals surface area contributed by atoms with Crippen LogP contribution in [0.1, 0.15) is 5.56 Å². The molecule has 5 heteroatoms. The Kier molecular flexibility index (Phi) is 4.49. The second kappa shape index (κ2) is 5.91. The highest BCUT2D eigenvalue weighted by Crippen LogP contribution is 2.26. The lowest BCUT2D eigenvalue weighted by atomic mass is 10.2. The van der Waals surface area contributed by atoms with Gasteiger partial charge in [-0.15, -0.1) is 0 Å². The molecular weight excluding hydrogens is 340 g/mol. The van der Waals surface area contributed by atoms with Crippen LogP contribution in [0.3, 0.4) is 0 Å². The molecule has 0 radical (unpaired) electrons. The van der Waals surface area contributed by atoms with Crippen molar-refractivity contribution in [3.8, 4) is 0 Å². The van der Waals surface area contributed by atoms with Crippen molar-refractivity contribution in [3.05, 3.63) is 62.3 Å². The summed E-state index contributed by atoms with van der Waals surface area (Å²) in [5.41, 5.74) is 1.15. The monoisotopic (exact) mass is 347 g/mol. The molecule has 0 aromatic heterocycles. The zero-order valence-electron chi connectivity index (χ0n) is 9.18. The molecule has 0 fully saturated rings. The summed E-state index contributed by atoms with van der Waals surface area (Å²) in [4.78, 5) is 0. The number of rotatable bonds is 3. The third-order valence-electron chi connectivity index (χ3n) is 2.45. The second-order valence-electron chi connectivity index (χ2n) is 3.68. The van der Waals surface area contributed by atoms with E-state index < -0.39 is 0 Å². The Balaban J connectivity index is 2.19. The molecule has 0 atom stereocenters. The molecule has 1 nitrogen and oxygen atoms in total. The van der Waals surface area contributed by atoms with Crippen LogP contribution in [0.5, 0.6) is 0 Å². The Labute approximate surface area is 123 Å². The van der Waals surface area contributed by atoms with Crippen LogP contribution in [0.4, 0.5) is 10.1 Å². The highest BCUT2D eigenvalue weighted by atomic mass is 79.9. The first-order chi connectivity index (χ1) is 8.58. The minimum absolute atomic E-state index is 0.318. The van der Waals surface area contributed by atoms with Gasteiger partial charge in [0.25, 0.3) is 0 Å². The molecule has 0 aliphatic carbocycles. The van der Waals surface area contributed by atoms with Crippen molar-refractivity contribution in [1.29, 1.82) is 0 Å². The molecule has 0 amide bonds. The minimum Gasteiger partial charge on any atom is -0.378 e. The highest BCUT2D eigenvalue weighted by molar-refractivity contribution is 9.10. The number of nitrogens with one attached hydrogen (secondary N) is 1. The third-order valence-corrected chi connectivity index (χ3v) is 3.65. The minimum atomic E-state index is -0.318. The molecular formula is C13H9BrCl2FN. The van der Waals surface area contributed by atoms with Crippen molar-refractivity contribution in [2.24, 2.45) is 0 Å². The molecule has 0 aliphatic heterocycles. The first kappa shape index (κ1) is 13.7. The first-order valence-electron chi connectivity index (χ1n) is 5.20. The van der Waals surface area contributed by atoms with E-state index in [4.69, 9.17) is 23.2 Å². The lowest BCUT2D eigenvalue weighted by molar-refractivity contribution is 0.630. The van der Waals surface area contributed by atoms with Crippen molar-refractivity contribution in [2.45, 2.75) is 6.54 Å². The number of hydrogen-bond donors (Lipinski definition) is 1. The molecule has 0 aliphatic rings. The summed E-state index contributed by atoms with van der Waals surface area (Å²) in [7, 11) is 0. The van der Waals surface area contributed by atoms with Gasteiger partial charge in [-0.2, -0.15) is 0 Å². The highest BCUT2D eigenvalue weighted by Gasteiger charge is 2.07. The lowest BCUT2D eigenvalue weighted by Crippen LogP contribution is -2.02. The predicted octanol–water partition coefficient (Wildman–Crippen LogP) is 5.51. The maximum Gasteiger partial charge on any atom is 0.146 e. The number of benzene rings is 2. The predicted molar refractivity (Wildman–Crippen MR) is 77.9 cm³/mol. The Bertz CT molecular complexity index is 555. The number of halogens is 4. The van der Waals surface area contributed by atoms with E-state index in [1.807, 2.05) is 0 Å². The van der Waals surface area contributed by atoms with Crippen molar-refractivity contribution < 1.29 is 4.39 Å². The molecule has 18 heavy (non-hydrogen) atoms. The third kappa shape index (κ3) is 3.16. The van der Waals surface area contributed by atoms with E-state index in [0.717, 1.165) is 10.0 Å². The molecule has 0 saturated heterocycles. The Hall–Kier alpha value is -0.770. The van der Waals surface area contributed by atoms with Crippen molar-refractivity contribution in [2.75, 3.05) is 5.32 Å². The summed E-state index contributed by atoms with van der Waals surface area (Å²) in [6, 6.07) is 9.97. The van der Waals surface area contributed by atoms with Gasteiger partial charge in [0, 0.05) is 26.6 Å². The van der Waals surface area contributed by atoms with Crippen molar-refractivity contribution >= 4 is 44.8 Å². The van der Waals surface area contributed by atoms with Gasteiger partial charge in [0.1, 0.15) is 5.82 Å². The summed E-state index contributed by atoms with van der Waals surface area (Å²) >= 11 is 15.4. The van der Waals surface area contributed by atoms with Gasteiger partial charge < -0.3 is 5.32 Å². The molecule has 94 valence electrons. The topological polar surface area (TPSA) is 12.0 Å². The zero-order valence-corrected chi connectivity index (χ0v) is 12.3. The average Bonchev–Trinajstić information content (AvgIpc) is 2.33. The van der Waals surface area contributed by atoms with E-state index in [1.54, 1.807) is 30.3 Å². The molecule has 0 unspecified atom stereocenters. The van der Waals surface area contributed by atoms with Crippen LogP contribution in [0.2, 0.25) is 10.0 Å². The van der Waals surface area contributed by atoms with Gasteiger partial charge in [-0.1, -0.05) is 45.2 Å². The van der Waals surface area contributed by atoms with E-state index in [-0.39, 0.29) is 5.82 Å². The van der Waals surface area contributed by atoms with Gasteiger partial charge in [0.2, 0.25) is 0 Å². The first-order valence-corrected chi connectivity index (χ1v) is 6.74. The maximum atomic E-state index is 13.5. The van der Waals surface area contributed by atoms with E-state index in [0.29, 0.717) is 22.3 Å². The second-order valence-corrected chi connectivity index (χ2v) is 5.41. The molecule has 1 N–H and O–H groups in total. The molecule has 0 spiro atoms. The van der Waals surface area contributed by atoms with Crippen LogP contribution in [0.15, 0.2) is 40.9 Å². The fraction of sp³-hybridized carbons (Fsp3) is 0.0769. The average molecular weight is 349 g/mol. The van der Waals surface area contributed by atoms with Gasteiger partial charge in [-0.25, -0.2) is 4.39 Å². The normalized spacial score (nSPS) is 10.4. The Morgan fingerprint density at radius 3 is 2.44 bits per heavy atom. The van der Waals surface area contributed by atoms with Gasteiger partial charge in [-0.3, -0.25) is 0 Å². The summed E-state index contributed by atoms with van der Waals surface area (Å²) in [5, 5.41) is 4.10. The molecule has 0 bridgehead atoms. The largest absolute Gasteiger partial charge is 0.378 e. The Morgan fingerprint density at radius 2 is 1.78 bits per heavy atom. The molecule has 0 saturated carbocycles. The number of hydrogen-bond acceptors (Lipinski definition) is 1. The molecule has 2 aromatic carbocycles. The quantitative estimate of drug-likeness (QED) is 0.771. The van der Waals surface area contributed by atoms with Gasteiger partial charge >= 0.3 is 0 Å². The van der Waals surface area contributed by atoms with Crippen LogP contribution in [-0.2, 0) is 6.54 Å².